The zero-order valence-corrected chi connectivity index (χ0v) is 10.9. The Morgan fingerprint density at radius 3 is 2.44 bits per heavy atom. The number of unbranched alkanes of at least 4 members (excludes halogenated alkanes) is 1. The molecule has 0 N–H and O–H groups in total. The van der Waals surface area contributed by atoms with Crippen molar-refractivity contribution in [3.63, 3.8) is 0 Å². The first kappa shape index (κ1) is 13.2. The quantitative estimate of drug-likeness (QED) is 0.743. The molecule has 1 aromatic carbocycles. The average Bonchev–Trinajstić information content (AvgIpc) is 2.30. The van der Waals surface area contributed by atoms with Gasteiger partial charge in [-0.2, -0.15) is 0 Å². The zero-order valence-electron chi connectivity index (χ0n) is 10.1. The van der Waals surface area contributed by atoms with Crippen molar-refractivity contribution in [1.29, 1.82) is 0 Å². The van der Waals surface area contributed by atoms with Crippen molar-refractivity contribution in [2.45, 2.75) is 31.6 Å². The molecule has 0 amide bonds. The Morgan fingerprint density at radius 2 is 1.94 bits per heavy atom. The minimum absolute atomic E-state index is 0.580. The van der Waals surface area contributed by atoms with Crippen LogP contribution in [0, 0.1) is 6.92 Å². The van der Waals surface area contributed by atoms with E-state index in [4.69, 9.17) is 4.18 Å². The molecule has 0 heterocycles. The van der Waals surface area contributed by atoms with Crippen molar-refractivity contribution in [2.75, 3.05) is 13.7 Å². The van der Waals surface area contributed by atoms with Crippen LogP contribution in [0.1, 0.15) is 25.3 Å². The summed E-state index contributed by atoms with van der Waals surface area (Å²) in [5.74, 6) is 0. The van der Waals surface area contributed by atoms with Gasteiger partial charge < -0.3 is 0 Å². The van der Waals surface area contributed by atoms with Gasteiger partial charge in [0.05, 0.1) is 18.6 Å². The number of hydrogen-bond acceptors (Lipinski definition) is 3. The summed E-state index contributed by atoms with van der Waals surface area (Å²) >= 11 is 0. The fourth-order valence-electron chi connectivity index (χ4n) is 1.28. The van der Waals surface area contributed by atoms with Crippen LogP contribution >= 0.6 is 0 Å². The third kappa shape index (κ3) is 3.32. The summed E-state index contributed by atoms with van der Waals surface area (Å²) in [5.41, 5.74) is 1.13. The van der Waals surface area contributed by atoms with Gasteiger partial charge in [0.1, 0.15) is 0 Å². The third-order valence-corrected chi connectivity index (χ3v) is 4.16. The number of nitrogens with zero attached hydrogens (tertiary/aromatic N) is 1. The van der Waals surface area contributed by atoms with E-state index in [0.717, 1.165) is 18.4 Å². The van der Waals surface area contributed by atoms with E-state index in [0.29, 0.717) is 11.4 Å². The molecule has 0 aliphatic heterocycles. The van der Waals surface area contributed by atoms with E-state index in [-0.39, 0.29) is 0 Å². The molecule has 4 heteroatoms. The summed E-state index contributed by atoms with van der Waals surface area (Å²) in [5, 5.41) is 0. The van der Waals surface area contributed by atoms with E-state index in [9.17, 15) is 4.21 Å². The van der Waals surface area contributed by atoms with E-state index in [2.05, 4.69) is 11.3 Å². The lowest BCUT2D eigenvalue weighted by Crippen LogP contribution is -2.04. The van der Waals surface area contributed by atoms with Crippen LogP contribution in [0.25, 0.3) is 0 Å². The number of aryl methyl sites for hydroxylation is 1. The van der Waals surface area contributed by atoms with Gasteiger partial charge in [-0.25, -0.2) is 8.57 Å². The van der Waals surface area contributed by atoms with Gasteiger partial charge in [-0.1, -0.05) is 31.0 Å². The van der Waals surface area contributed by atoms with E-state index in [1.165, 1.54) is 7.11 Å². The minimum Gasteiger partial charge on any atom is -0.285 e. The molecule has 3 nitrogen and oxygen atoms in total. The molecule has 0 saturated heterocycles. The van der Waals surface area contributed by atoms with Gasteiger partial charge in [0.2, 0.25) is 0 Å². The predicted molar refractivity (Wildman–Crippen MR) is 66.8 cm³/mol. The van der Waals surface area contributed by atoms with Crippen LogP contribution in [0.15, 0.2) is 33.5 Å². The molecule has 0 spiro atoms. The van der Waals surface area contributed by atoms with Crippen LogP contribution < -0.4 is 0 Å². The largest absolute Gasteiger partial charge is 0.285 e. The summed E-state index contributed by atoms with van der Waals surface area (Å²) in [4.78, 5) is 0.650. The number of hydrogen-bond donors (Lipinski definition) is 0. The topological polar surface area (TPSA) is 38.7 Å². The van der Waals surface area contributed by atoms with Crippen molar-refractivity contribution >= 4 is 10.0 Å². The van der Waals surface area contributed by atoms with Gasteiger partial charge in [0.25, 0.3) is 0 Å². The summed E-state index contributed by atoms with van der Waals surface area (Å²) in [6, 6.07) is 7.47. The van der Waals surface area contributed by atoms with Gasteiger partial charge in [-0.05, 0) is 25.5 Å². The monoisotopic (exact) mass is 241 g/mol. The highest BCUT2D eigenvalue weighted by Crippen LogP contribution is 2.15. The minimum atomic E-state index is -2.67. The maximum atomic E-state index is 12.4. The molecule has 0 aromatic heterocycles. The molecule has 0 saturated carbocycles. The standard InChI is InChI=1S/C12H19NO2S/c1-4-5-10-13-16(14,15-3)12-8-6-11(2)7-9-12/h6-9H,4-5,10H2,1-3H3. The Balaban J connectivity index is 3.00. The summed E-state index contributed by atoms with van der Waals surface area (Å²) in [6.07, 6.45) is 1.98. The first-order chi connectivity index (χ1) is 7.62. The molecule has 1 aromatic rings. The molecular formula is C12H19NO2S. The van der Waals surface area contributed by atoms with Crippen molar-refractivity contribution in [3.05, 3.63) is 29.8 Å². The molecule has 1 atom stereocenters. The van der Waals surface area contributed by atoms with Crippen molar-refractivity contribution < 1.29 is 8.39 Å². The van der Waals surface area contributed by atoms with Gasteiger partial charge >= 0.3 is 0 Å². The highest BCUT2D eigenvalue weighted by molar-refractivity contribution is 7.89. The molecule has 0 aliphatic carbocycles. The molecule has 90 valence electrons. The summed E-state index contributed by atoms with van der Waals surface area (Å²) < 4.78 is 21.6. The van der Waals surface area contributed by atoms with Crippen LogP contribution in [0.5, 0.6) is 0 Å². The van der Waals surface area contributed by atoms with Crippen molar-refractivity contribution in [2.24, 2.45) is 4.36 Å². The fraction of sp³-hybridized carbons (Fsp3) is 0.500. The molecule has 0 bridgehead atoms. The zero-order chi connectivity index (χ0) is 12.0. The van der Waals surface area contributed by atoms with E-state index >= 15 is 0 Å². The van der Waals surface area contributed by atoms with Crippen LogP contribution in [-0.2, 0) is 14.2 Å². The smallest absolute Gasteiger partial charge is 0.193 e. The Labute approximate surface area is 98.2 Å². The maximum absolute atomic E-state index is 12.4. The highest BCUT2D eigenvalue weighted by atomic mass is 32.2. The predicted octanol–water partition coefficient (Wildman–Crippen LogP) is 3.18. The SMILES string of the molecule is CCCCN=S(=O)(OC)c1ccc(C)cc1. The summed E-state index contributed by atoms with van der Waals surface area (Å²) in [7, 11) is -1.23. The van der Waals surface area contributed by atoms with Crippen LogP contribution in [0.4, 0.5) is 0 Å². The van der Waals surface area contributed by atoms with Crippen LogP contribution in [-0.4, -0.2) is 17.9 Å². The molecule has 0 aliphatic rings. The lowest BCUT2D eigenvalue weighted by molar-refractivity contribution is 0.434. The van der Waals surface area contributed by atoms with Crippen molar-refractivity contribution in [1.82, 2.24) is 0 Å². The summed E-state index contributed by atoms with van der Waals surface area (Å²) in [6.45, 7) is 4.65. The molecule has 16 heavy (non-hydrogen) atoms. The Kier molecular flexibility index (Phi) is 4.96. The molecule has 0 radical (unpaired) electrons. The average molecular weight is 241 g/mol. The first-order valence-corrected chi connectivity index (χ1v) is 6.91. The molecule has 1 unspecified atom stereocenters. The lowest BCUT2D eigenvalue weighted by Gasteiger charge is -2.07. The van der Waals surface area contributed by atoms with Crippen molar-refractivity contribution in [3.8, 4) is 0 Å². The van der Waals surface area contributed by atoms with Gasteiger partial charge in [0.15, 0.2) is 10.0 Å². The number of rotatable bonds is 5. The second-order valence-corrected chi connectivity index (χ2v) is 5.67. The number of benzene rings is 1. The van der Waals surface area contributed by atoms with Gasteiger partial charge in [-0.15, -0.1) is 0 Å². The molecular weight excluding hydrogens is 222 g/mol. The second-order valence-electron chi connectivity index (χ2n) is 3.66. The van der Waals surface area contributed by atoms with Gasteiger partial charge in [0, 0.05) is 0 Å². The Hall–Kier alpha value is -0.870. The highest BCUT2D eigenvalue weighted by Gasteiger charge is 2.10. The fourth-order valence-corrected chi connectivity index (χ4v) is 2.57. The Bertz CT molecular complexity index is 431. The van der Waals surface area contributed by atoms with Crippen LogP contribution in [0.3, 0.4) is 0 Å². The first-order valence-electron chi connectivity index (χ1n) is 5.47. The molecule has 1 rings (SSSR count). The third-order valence-electron chi connectivity index (χ3n) is 2.32. The van der Waals surface area contributed by atoms with Crippen LogP contribution in [0.2, 0.25) is 0 Å². The maximum Gasteiger partial charge on any atom is 0.193 e. The van der Waals surface area contributed by atoms with E-state index in [1.807, 2.05) is 31.2 Å². The molecule has 0 fully saturated rings. The van der Waals surface area contributed by atoms with E-state index in [1.54, 1.807) is 0 Å². The van der Waals surface area contributed by atoms with E-state index < -0.39 is 10.0 Å². The second kappa shape index (κ2) is 6.01. The van der Waals surface area contributed by atoms with Gasteiger partial charge in [-0.3, -0.25) is 4.18 Å². The lowest BCUT2D eigenvalue weighted by atomic mass is 10.2. The Morgan fingerprint density at radius 1 is 1.31 bits per heavy atom. The normalized spacial score (nSPS) is 14.4.